The van der Waals surface area contributed by atoms with E-state index in [4.69, 9.17) is 5.73 Å². The zero-order chi connectivity index (χ0) is 10.4. The molecule has 0 amide bonds. The molecule has 0 aromatic carbocycles. The lowest BCUT2D eigenvalue weighted by atomic mass is 10.4. The lowest BCUT2D eigenvalue weighted by molar-refractivity contribution is 0.621. The van der Waals surface area contributed by atoms with E-state index in [2.05, 4.69) is 15.3 Å². The minimum Gasteiger partial charge on any atom is -0.394 e. The van der Waals surface area contributed by atoms with Crippen LogP contribution < -0.4 is 11.1 Å². The van der Waals surface area contributed by atoms with E-state index in [0.29, 0.717) is 11.7 Å². The molecular weight excluding hydrogens is 183 g/mol. The summed E-state index contributed by atoms with van der Waals surface area (Å²) in [6.45, 7) is 0. The summed E-state index contributed by atoms with van der Waals surface area (Å²) >= 11 is 0. The highest BCUT2D eigenvalue weighted by Gasteiger charge is 1.92. The van der Waals surface area contributed by atoms with Crippen LogP contribution in [0.2, 0.25) is 0 Å². The van der Waals surface area contributed by atoms with Gasteiger partial charge in [0.1, 0.15) is 11.7 Å². The number of hydrogen-bond acceptors (Lipinski definition) is 3. The van der Waals surface area contributed by atoms with Gasteiger partial charge in [-0.1, -0.05) is 0 Å². The number of halogens is 1. The first-order valence-electron chi connectivity index (χ1n) is 4.02. The molecule has 0 aliphatic carbocycles. The summed E-state index contributed by atoms with van der Waals surface area (Å²) in [7, 11) is 1.75. The first kappa shape index (κ1) is 10.2. The largest absolute Gasteiger partial charge is 0.394 e. The van der Waals surface area contributed by atoms with Gasteiger partial charge in [-0.15, -0.1) is 0 Å². The summed E-state index contributed by atoms with van der Waals surface area (Å²) in [4.78, 5) is 7.66. The van der Waals surface area contributed by atoms with Gasteiger partial charge >= 0.3 is 0 Å². The number of nitrogens with zero attached hydrogens (tertiary/aromatic N) is 2. The second kappa shape index (κ2) is 4.96. The van der Waals surface area contributed by atoms with Crippen molar-refractivity contribution in [3.05, 3.63) is 36.4 Å². The van der Waals surface area contributed by atoms with Crippen molar-refractivity contribution in [3.8, 4) is 0 Å². The normalized spacial score (nSPS) is 12.0. The quantitative estimate of drug-likeness (QED) is 0.556. The average Bonchev–Trinajstić information content (AvgIpc) is 2.18. The van der Waals surface area contributed by atoms with Crippen LogP contribution in [0, 0.1) is 5.82 Å². The summed E-state index contributed by atoms with van der Waals surface area (Å²) in [5.41, 5.74) is 5.52. The van der Waals surface area contributed by atoms with Crippen LogP contribution in [0.3, 0.4) is 0 Å². The van der Waals surface area contributed by atoms with Gasteiger partial charge in [0.05, 0.1) is 6.20 Å². The predicted octanol–water partition coefficient (Wildman–Crippen LogP) is 0.943. The van der Waals surface area contributed by atoms with Crippen LogP contribution in [-0.4, -0.2) is 17.9 Å². The van der Waals surface area contributed by atoms with Gasteiger partial charge in [-0.3, -0.25) is 0 Å². The number of pyridine rings is 1. The molecule has 74 valence electrons. The molecule has 4 nitrogen and oxygen atoms in total. The van der Waals surface area contributed by atoms with E-state index in [-0.39, 0.29) is 0 Å². The molecule has 5 heteroatoms. The first-order valence-corrected chi connectivity index (χ1v) is 4.02. The Bertz CT molecular complexity index is 342. The zero-order valence-corrected chi connectivity index (χ0v) is 7.74. The molecule has 0 atom stereocenters. The molecule has 0 bridgehead atoms. The summed E-state index contributed by atoms with van der Waals surface area (Å²) in [6, 6.07) is 2.73. The third-order valence-electron chi connectivity index (χ3n) is 1.38. The van der Waals surface area contributed by atoms with Crippen LogP contribution in [0.4, 0.5) is 10.2 Å². The highest BCUT2D eigenvalue weighted by Crippen LogP contribution is 2.06. The van der Waals surface area contributed by atoms with E-state index in [9.17, 15) is 4.39 Å². The van der Waals surface area contributed by atoms with Crippen molar-refractivity contribution in [1.82, 2.24) is 10.3 Å². The molecule has 0 aliphatic heterocycles. The van der Waals surface area contributed by atoms with Gasteiger partial charge in [-0.05, 0) is 24.4 Å². The summed E-state index contributed by atoms with van der Waals surface area (Å²) in [5, 5.41) is 2.77. The zero-order valence-electron chi connectivity index (χ0n) is 7.74. The van der Waals surface area contributed by atoms with Crippen LogP contribution in [0.5, 0.6) is 0 Å². The van der Waals surface area contributed by atoms with Crippen molar-refractivity contribution in [2.75, 3.05) is 7.05 Å². The highest BCUT2D eigenvalue weighted by molar-refractivity contribution is 5.92. The molecule has 1 rings (SSSR count). The third kappa shape index (κ3) is 3.22. The first-order chi connectivity index (χ1) is 6.72. The molecule has 0 radical (unpaired) electrons. The molecule has 0 saturated heterocycles. The lowest BCUT2D eigenvalue weighted by Crippen LogP contribution is -2.08. The fourth-order valence-electron chi connectivity index (χ4n) is 0.772. The van der Waals surface area contributed by atoms with Crippen molar-refractivity contribution >= 4 is 11.7 Å². The molecule has 0 fully saturated rings. The Hall–Kier alpha value is -1.91. The second-order valence-corrected chi connectivity index (χ2v) is 2.49. The Morgan fingerprint density at radius 1 is 1.64 bits per heavy atom. The van der Waals surface area contributed by atoms with Gasteiger partial charge in [-0.25, -0.2) is 14.4 Å². The molecule has 3 N–H and O–H groups in total. The van der Waals surface area contributed by atoms with Gasteiger partial charge in [-0.2, -0.15) is 0 Å². The van der Waals surface area contributed by atoms with Crippen LogP contribution in [0.1, 0.15) is 0 Å². The Morgan fingerprint density at radius 2 is 2.43 bits per heavy atom. The lowest BCUT2D eigenvalue weighted by Gasteiger charge is -1.94. The van der Waals surface area contributed by atoms with E-state index >= 15 is 0 Å². The maximum Gasteiger partial charge on any atom is 0.154 e. The molecule has 0 spiro atoms. The molecule has 0 unspecified atom stereocenters. The Kier molecular flexibility index (Phi) is 3.60. The molecule has 14 heavy (non-hydrogen) atoms. The van der Waals surface area contributed by atoms with Crippen LogP contribution in [0.15, 0.2) is 35.6 Å². The van der Waals surface area contributed by atoms with E-state index in [1.54, 1.807) is 19.3 Å². The predicted molar refractivity (Wildman–Crippen MR) is 53.7 cm³/mol. The minimum atomic E-state index is -0.395. The average molecular weight is 194 g/mol. The molecule has 1 heterocycles. The van der Waals surface area contributed by atoms with E-state index in [1.165, 1.54) is 12.1 Å². The molecule has 0 aliphatic rings. The smallest absolute Gasteiger partial charge is 0.154 e. The van der Waals surface area contributed by atoms with Crippen molar-refractivity contribution < 1.29 is 4.39 Å². The SMILES string of the molecule is CN/C=C\C(N)=Nc1ccc(F)cn1. The number of aliphatic imine (C=N–C) groups is 1. The summed E-state index contributed by atoms with van der Waals surface area (Å²) < 4.78 is 12.5. The summed E-state index contributed by atoms with van der Waals surface area (Å²) in [6.07, 6.45) is 4.32. The summed E-state index contributed by atoms with van der Waals surface area (Å²) in [5.74, 6) is 0.288. The fourth-order valence-corrected chi connectivity index (χ4v) is 0.772. The Labute approximate surface area is 81.4 Å². The monoisotopic (exact) mass is 194 g/mol. The van der Waals surface area contributed by atoms with Crippen molar-refractivity contribution in [1.29, 1.82) is 0 Å². The Morgan fingerprint density at radius 3 is 3.00 bits per heavy atom. The molecular formula is C9H11FN4. The minimum absolute atomic E-state index is 0.304. The van der Waals surface area contributed by atoms with Crippen LogP contribution >= 0.6 is 0 Å². The van der Waals surface area contributed by atoms with Gasteiger partial charge in [0.25, 0.3) is 0 Å². The Balaban J connectivity index is 2.76. The van der Waals surface area contributed by atoms with E-state index in [0.717, 1.165) is 6.20 Å². The number of amidine groups is 1. The van der Waals surface area contributed by atoms with E-state index in [1.807, 2.05) is 0 Å². The van der Waals surface area contributed by atoms with Gasteiger partial charge in [0, 0.05) is 7.05 Å². The van der Waals surface area contributed by atoms with Gasteiger partial charge in [0.15, 0.2) is 5.82 Å². The maximum atomic E-state index is 12.5. The van der Waals surface area contributed by atoms with Crippen molar-refractivity contribution in [3.63, 3.8) is 0 Å². The number of hydrogen-bond donors (Lipinski definition) is 2. The van der Waals surface area contributed by atoms with Crippen molar-refractivity contribution in [2.45, 2.75) is 0 Å². The van der Waals surface area contributed by atoms with Crippen LogP contribution in [0.25, 0.3) is 0 Å². The number of nitrogens with one attached hydrogen (secondary N) is 1. The number of nitrogens with two attached hydrogens (primary N) is 1. The van der Waals surface area contributed by atoms with Crippen LogP contribution in [-0.2, 0) is 0 Å². The van der Waals surface area contributed by atoms with Gasteiger partial charge in [0.2, 0.25) is 0 Å². The number of rotatable bonds is 3. The second-order valence-electron chi connectivity index (χ2n) is 2.49. The number of aromatic nitrogens is 1. The van der Waals surface area contributed by atoms with Gasteiger partial charge < -0.3 is 11.1 Å². The molecule has 0 saturated carbocycles. The topological polar surface area (TPSA) is 63.3 Å². The third-order valence-corrected chi connectivity index (χ3v) is 1.38. The molecule has 1 aromatic heterocycles. The van der Waals surface area contributed by atoms with E-state index < -0.39 is 5.82 Å². The highest BCUT2D eigenvalue weighted by atomic mass is 19.1. The fraction of sp³-hybridized carbons (Fsp3) is 0.111. The maximum absolute atomic E-state index is 12.5. The molecule has 1 aromatic rings. The van der Waals surface area contributed by atoms with Crippen molar-refractivity contribution in [2.24, 2.45) is 10.7 Å². The standard InChI is InChI=1S/C9H11FN4/c1-12-5-4-8(11)14-9-3-2-7(10)6-13-9/h2-6,12H,1H3,(H2,11,13,14)/b5-4-.